The molecule has 0 saturated carbocycles. The van der Waals surface area contributed by atoms with Gasteiger partial charge in [-0.15, -0.1) is 0 Å². The molecule has 0 aromatic carbocycles. The predicted octanol–water partition coefficient (Wildman–Crippen LogP) is 0.0712. The second-order valence-electron chi connectivity index (χ2n) is 8.97. The minimum atomic E-state index is -4.79. The zero-order chi connectivity index (χ0) is 28.1. The first-order chi connectivity index (χ1) is 17.8. The van der Waals surface area contributed by atoms with Gasteiger partial charge in [-0.25, -0.2) is 15.4 Å². The zero-order valence-corrected chi connectivity index (χ0v) is 20.3. The molecular formula is C21H29F6N7O4. The van der Waals surface area contributed by atoms with Crippen molar-refractivity contribution in [3.63, 3.8) is 0 Å². The maximum absolute atomic E-state index is 13.3. The molecule has 2 aliphatic rings. The molecule has 4 atom stereocenters. The lowest BCUT2D eigenvalue weighted by Crippen LogP contribution is -2.66. The molecule has 3 heterocycles. The van der Waals surface area contributed by atoms with Crippen molar-refractivity contribution in [3.8, 4) is 0 Å². The molecule has 2 unspecified atom stereocenters. The van der Waals surface area contributed by atoms with Crippen molar-refractivity contribution in [3.05, 3.63) is 18.0 Å². The zero-order valence-electron chi connectivity index (χ0n) is 20.3. The molecular weight excluding hydrogens is 528 g/mol. The molecule has 2 saturated heterocycles. The third kappa shape index (κ3) is 7.87. The summed E-state index contributed by atoms with van der Waals surface area (Å²) in [6, 6.07) is -2.27. The van der Waals surface area contributed by atoms with E-state index in [1.165, 1.54) is 6.92 Å². The van der Waals surface area contributed by atoms with E-state index < -0.39 is 47.9 Å². The van der Waals surface area contributed by atoms with Crippen molar-refractivity contribution in [2.24, 2.45) is 5.92 Å². The van der Waals surface area contributed by atoms with Gasteiger partial charge in [0, 0.05) is 51.2 Å². The molecule has 2 aliphatic heterocycles. The lowest BCUT2D eigenvalue weighted by atomic mass is 9.95. The number of nitrogens with one attached hydrogen (secondary N) is 3. The van der Waals surface area contributed by atoms with E-state index in [1.54, 1.807) is 9.80 Å². The third-order valence-electron chi connectivity index (χ3n) is 6.22. The van der Waals surface area contributed by atoms with Gasteiger partial charge in [-0.05, 0) is 6.92 Å². The van der Waals surface area contributed by atoms with E-state index in [1.807, 2.05) is 5.43 Å². The molecule has 0 aliphatic carbocycles. The number of hydrogen-bond donors (Lipinski definition) is 4. The molecule has 1 aromatic heterocycles. The van der Waals surface area contributed by atoms with Gasteiger partial charge in [-0.3, -0.25) is 15.0 Å². The highest BCUT2D eigenvalue weighted by molar-refractivity contribution is 5.80. The fraction of sp³-hybridized carbons (Fsp3) is 0.714. The maximum Gasteiger partial charge on any atom is 0.419 e. The molecule has 38 heavy (non-hydrogen) atoms. The molecule has 11 nitrogen and oxygen atoms in total. The highest BCUT2D eigenvalue weighted by Crippen LogP contribution is 2.31. The number of anilines is 1. The number of aliphatic hydroxyl groups excluding tert-OH is 1. The van der Waals surface area contributed by atoms with Crippen molar-refractivity contribution in [2.45, 2.75) is 43.9 Å². The molecule has 4 N–H and O–H groups in total. The Hall–Kier alpha value is -2.76. The van der Waals surface area contributed by atoms with Gasteiger partial charge >= 0.3 is 12.4 Å². The van der Waals surface area contributed by atoms with E-state index >= 15 is 0 Å². The molecule has 214 valence electrons. The number of halogens is 6. The second-order valence-corrected chi connectivity index (χ2v) is 8.97. The Kier molecular flexibility index (Phi) is 9.72. The summed E-state index contributed by atoms with van der Waals surface area (Å²) in [6.45, 7) is 2.09. The van der Waals surface area contributed by atoms with Crippen LogP contribution < -0.4 is 21.1 Å². The van der Waals surface area contributed by atoms with Gasteiger partial charge in [-0.2, -0.15) is 26.3 Å². The van der Waals surface area contributed by atoms with Crippen LogP contribution in [0.15, 0.2) is 12.4 Å². The van der Waals surface area contributed by atoms with Crippen LogP contribution in [0.5, 0.6) is 0 Å². The summed E-state index contributed by atoms with van der Waals surface area (Å²) in [4.78, 5) is 34.9. The number of carbonyl (C=O) groups excluding carboxylic acids is 2. The van der Waals surface area contributed by atoms with Gasteiger partial charge in [0.25, 0.3) is 0 Å². The Balaban J connectivity index is 1.42. The van der Waals surface area contributed by atoms with Gasteiger partial charge in [0.05, 0.1) is 37.3 Å². The minimum Gasteiger partial charge on any atom is -0.392 e. The number of alkyl halides is 6. The van der Waals surface area contributed by atoms with Crippen LogP contribution in [-0.2, 0) is 20.5 Å². The maximum atomic E-state index is 13.3. The number of hydrazine groups is 1. The van der Waals surface area contributed by atoms with E-state index in [0.717, 1.165) is 0 Å². The van der Waals surface area contributed by atoms with Crippen molar-refractivity contribution in [1.29, 1.82) is 0 Å². The number of piperazine rings is 1. The van der Waals surface area contributed by atoms with Crippen LogP contribution in [0.4, 0.5) is 32.3 Å². The molecule has 0 bridgehead atoms. The quantitative estimate of drug-likeness (QED) is 0.246. The van der Waals surface area contributed by atoms with Crippen molar-refractivity contribution in [2.75, 3.05) is 50.8 Å². The Morgan fingerprint density at radius 1 is 1.18 bits per heavy atom. The largest absolute Gasteiger partial charge is 0.419 e. The SMILES string of the molecule is C[C@@H](O)[C@@H](COCCC(=O)N1CCN(c2ncc(C(F)(F)F)cn2)CC1)NC1CNNC(=O)C1C(F)(F)F. The molecule has 1 aromatic rings. The van der Waals surface area contributed by atoms with Crippen LogP contribution in [0.1, 0.15) is 18.9 Å². The average Bonchev–Trinajstić information content (AvgIpc) is 2.84. The Labute approximate surface area is 213 Å². The van der Waals surface area contributed by atoms with E-state index in [0.29, 0.717) is 25.5 Å². The summed E-state index contributed by atoms with van der Waals surface area (Å²) < 4.78 is 83.4. The number of hydrogen-bond acceptors (Lipinski definition) is 9. The van der Waals surface area contributed by atoms with E-state index in [4.69, 9.17) is 4.74 Å². The van der Waals surface area contributed by atoms with Crippen LogP contribution in [-0.4, -0.2) is 102 Å². The average molecular weight is 557 g/mol. The first kappa shape index (κ1) is 29.8. The van der Waals surface area contributed by atoms with Crippen LogP contribution in [0.25, 0.3) is 0 Å². The van der Waals surface area contributed by atoms with Gasteiger partial charge < -0.3 is 25.0 Å². The number of nitrogens with zero attached hydrogens (tertiary/aromatic N) is 4. The summed E-state index contributed by atoms with van der Waals surface area (Å²) in [7, 11) is 0. The number of aromatic nitrogens is 2. The predicted molar refractivity (Wildman–Crippen MR) is 119 cm³/mol. The standard InChI is InChI=1S/C21H29F6N7O4/c1-12(35)15(31-14-10-30-32-18(37)17(14)21(25,26)27)11-38-7-2-16(36)33-3-5-34(6-4-33)19-28-8-13(9-29-19)20(22,23)24/h8-9,12,14-15,17,30-31,35H,2-7,10-11H2,1H3,(H,32,37)/t12-,14?,15-,17?/m1/s1. The third-order valence-corrected chi connectivity index (χ3v) is 6.22. The lowest BCUT2D eigenvalue weighted by Gasteiger charge is -2.36. The summed E-state index contributed by atoms with van der Waals surface area (Å²) in [5, 5.41) is 12.6. The number of rotatable bonds is 9. The number of ether oxygens (including phenoxy) is 1. The summed E-state index contributed by atoms with van der Waals surface area (Å²) in [6.07, 6.45) is -9.05. The Morgan fingerprint density at radius 3 is 2.37 bits per heavy atom. The first-order valence-corrected chi connectivity index (χ1v) is 11.8. The summed E-state index contributed by atoms with van der Waals surface area (Å²) >= 11 is 0. The topological polar surface area (TPSA) is 132 Å². The molecule has 2 fully saturated rings. The molecule has 3 rings (SSSR count). The second kappa shape index (κ2) is 12.4. The van der Waals surface area contributed by atoms with E-state index in [-0.39, 0.29) is 51.1 Å². The lowest BCUT2D eigenvalue weighted by molar-refractivity contribution is -0.193. The fourth-order valence-corrected chi connectivity index (χ4v) is 4.07. The van der Waals surface area contributed by atoms with Crippen LogP contribution >= 0.6 is 0 Å². The van der Waals surface area contributed by atoms with Gasteiger partial charge in [-0.1, -0.05) is 0 Å². The van der Waals surface area contributed by atoms with Crippen molar-refractivity contribution >= 4 is 17.8 Å². The Bertz CT molecular complexity index is 939. The van der Waals surface area contributed by atoms with Crippen LogP contribution in [0, 0.1) is 5.92 Å². The number of amides is 2. The van der Waals surface area contributed by atoms with Gasteiger partial charge in [0.2, 0.25) is 17.8 Å². The Morgan fingerprint density at radius 2 is 1.82 bits per heavy atom. The summed E-state index contributed by atoms with van der Waals surface area (Å²) in [5.41, 5.74) is 3.38. The van der Waals surface area contributed by atoms with E-state index in [9.17, 15) is 41.0 Å². The van der Waals surface area contributed by atoms with Gasteiger partial charge in [0.1, 0.15) is 0 Å². The van der Waals surface area contributed by atoms with Crippen LogP contribution in [0.2, 0.25) is 0 Å². The summed E-state index contributed by atoms with van der Waals surface area (Å²) in [5.74, 6) is -3.66. The first-order valence-electron chi connectivity index (χ1n) is 11.8. The normalized spacial score (nSPS) is 22.7. The molecule has 0 radical (unpaired) electrons. The van der Waals surface area contributed by atoms with Gasteiger partial charge in [0.15, 0.2) is 5.92 Å². The molecule has 17 heteroatoms. The van der Waals surface area contributed by atoms with Crippen LogP contribution in [0.3, 0.4) is 0 Å². The van der Waals surface area contributed by atoms with Crippen molar-refractivity contribution < 1.29 is 45.8 Å². The monoisotopic (exact) mass is 557 g/mol. The minimum absolute atomic E-state index is 0.0259. The fourth-order valence-electron chi connectivity index (χ4n) is 4.07. The number of carbonyl (C=O) groups is 2. The highest BCUT2D eigenvalue weighted by Gasteiger charge is 2.51. The molecule has 0 spiro atoms. The van der Waals surface area contributed by atoms with Crippen molar-refractivity contribution in [1.82, 2.24) is 31.0 Å². The molecule has 2 amide bonds. The smallest absolute Gasteiger partial charge is 0.392 e. The highest BCUT2D eigenvalue weighted by atomic mass is 19.4. The van der Waals surface area contributed by atoms with E-state index in [2.05, 4.69) is 20.7 Å². The number of aliphatic hydroxyl groups is 1.